The van der Waals surface area contributed by atoms with Crippen molar-refractivity contribution in [2.45, 2.75) is 26.2 Å². The van der Waals surface area contributed by atoms with E-state index in [1.165, 1.54) is 29.2 Å². The minimum atomic E-state index is -0.272. The van der Waals surface area contributed by atoms with E-state index in [1.54, 1.807) is 0 Å². The van der Waals surface area contributed by atoms with E-state index >= 15 is 0 Å². The zero-order valence-electron chi connectivity index (χ0n) is 12.1. The Morgan fingerprint density at radius 2 is 1.90 bits per heavy atom. The third-order valence-electron chi connectivity index (χ3n) is 3.72. The van der Waals surface area contributed by atoms with Gasteiger partial charge in [-0.25, -0.2) is 0 Å². The molecule has 0 unspecified atom stereocenters. The van der Waals surface area contributed by atoms with Crippen LogP contribution >= 0.6 is 0 Å². The maximum atomic E-state index is 11.1. The number of benzene rings is 2. The lowest BCUT2D eigenvalue weighted by Gasteiger charge is -2.20. The molecule has 0 N–H and O–H groups in total. The number of rotatable bonds is 2. The highest BCUT2D eigenvalue weighted by Gasteiger charge is 2.15. The van der Waals surface area contributed by atoms with Crippen molar-refractivity contribution in [1.29, 1.82) is 0 Å². The number of carbonyl (C=O) groups excluding carboxylic acids is 1. The van der Waals surface area contributed by atoms with Crippen molar-refractivity contribution in [3.63, 3.8) is 0 Å². The minimum Gasteiger partial charge on any atom is -0.427 e. The zero-order chi connectivity index (χ0) is 14.7. The SMILES string of the molecule is CC(=O)Oc1ccc2c(c1)CCC/C2=C\c1ccccc1. The van der Waals surface area contributed by atoms with Gasteiger partial charge in [0.05, 0.1) is 0 Å². The highest BCUT2D eigenvalue weighted by molar-refractivity contribution is 5.84. The van der Waals surface area contributed by atoms with E-state index in [2.05, 4.69) is 36.4 Å². The molecule has 2 aromatic rings. The summed E-state index contributed by atoms with van der Waals surface area (Å²) >= 11 is 0. The second-order valence-electron chi connectivity index (χ2n) is 5.35. The first-order valence-electron chi connectivity index (χ1n) is 7.30. The Morgan fingerprint density at radius 3 is 2.67 bits per heavy atom. The van der Waals surface area contributed by atoms with Crippen molar-refractivity contribution >= 4 is 17.6 Å². The number of allylic oxidation sites excluding steroid dienone is 1. The van der Waals surface area contributed by atoms with Gasteiger partial charge in [0.15, 0.2) is 0 Å². The van der Waals surface area contributed by atoms with E-state index in [1.807, 2.05) is 18.2 Å². The highest BCUT2D eigenvalue weighted by Crippen LogP contribution is 2.34. The first kappa shape index (κ1) is 13.6. The van der Waals surface area contributed by atoms with Crippen molar-refractivity contribution in [3.05, 3.63) is 65.2 Å². The molecule has 0 bridgehead atoms. The summed E-state index contributed by atoms with van der Waals surface area (Å²) in [5, 5.41) is 0. The highest BCUT2D eigenvalue weighted by atomic mass is 16.5. The molecule has 1 aliphatic carbocycles. The third kappa shape index (κ3) is 3.22. The fourth-order valence-corrected chi connectivity index (χ4v) is 2.82. The molecular formula is C19H18O2. The van der Waals surface area contributed by atoms with E-state index in [4.69, 9.17) is 4.74 Å². The van der Waals surface area contributed by atoms with Crippen LogP contribution in [0.3, 0.4) is 0 Å². The van der Waals surface area contributed by atoms with Gasteiger partial charge in [-0.15, -0.1) is 0 Å². The van der Waals surface area contributed by atoms with Crippen LogP contribution in [-0.4, -0.2) is 5.97 Å². The first-order valence-corrected chi connectivity index (χ1v) is 7.30. The molecule has 0 aromatic heterocycles. The molecule has 106 valence electrons. The molecule has 0 heterocycles. The van der Waals surface area contributed by atoms with Gasteiger partial charge in [-0.05, 0) is 53.7 Å². The molecule has 0 aliphatic heterocycles. The normalized spacial score (nSPS) is 15.6. The van der Waals surface area contributed by atoms with Gasteiger partial charge >= 0.3 is 5.97 Å². The Labute approximate surface area is 125 Å². The molecule has 1 aliphatic rings. The van der Waals surface area contributed by atoms with Crippen LogP contribution in [0.4, 0.5) is 0 Å². The van der Waals surface area contributed by atoms with E-state index < -0.39 is 0 Å². The molecule has 0 saturated heterocycles. The summed E-state index contributed by atoms with van der Waals surface area (Å²) in [7, 11) is 0. The monoisotopic (exact) mass is 278 g/mol. The third-order valence-corrected chi connectivity index (χ3v) is 3.72. The molecule has 2 nitrogen and oxygen atoms in total. The number of esters is 1. The van der Waals surface area contributed by atoms with Gasteiger partial charge in [-0.2, -0.15) is 0 Å². The summed E-state index contributed by atoms with van der Waals surface area (Å²) in [5.41, 5.74) is 5.13. The molecule has 3 rings (SSSR count). The first-order chi connectivity index (χ1) is 10.2. The number of hydrogen-bond acceptors (Lipinski definition) is 2. The zero-order valence-corrected chi connectivity index (χ0v) is 12.1. The van der Waals surface area contributed by atoms with Crippen LogP contribution in [0.5, 0.6) is 5.75 Å². The van der Waals surface area contributed by atoms with Crippen LogP contribution in [0.1, 0.15) is 36.5 Å². The molecule has 0 atom stereocenters. The molecule has 0 fully saturated rings. The number of carbonyl (C=O) groups is 1. The van der Waals surface area contributed by atoms with Gasteiger partial charge in [0, 0.05) is 6.92 Å². The topological polar surface area (TPSA) is 26.3 Å². The van der Waals surface area contributed by atoms with E-state index in [9.17, 15) is 4.79 Å². The largest absolute Gasteiger partial charge is 0.427 e. The molecule has 2 aromatic carbocycles. The molecular weight excluding hydrogens is 260 g/mol. The average Bonchev–Trinajstić information content (AvgIpc) is 2.48. The summed E-state index contributed by atoms with van der Waals surface area (Å²) < 4.78 is 5.18. The quantitative estimate of drug-likeness (QED) is 0.597. The van der Waals surface area contributed by atoms with Gasteiger partial charge in [-0.1, -0.05) is 42.5 Å². The van der Waals surface area contributed by atoms with Gasteiger partial charge < -0.3 is 4.74 Å². The minimum absolute atomic E-state index is 0.272. The van der Waals surface area contributed by atoms with E-state index in [0.29, 0.717) is 5.75 Å². The Hall–Kier alpha value is -2.35. The molecule has 0 amide bonds. The van der Waals surface area contributed by atoms with Gasteiger partial charge in [-0.3, -0.25) is 4.79 Å². The van der Waals surface area contributed by atoms with Crippen molar-refractivity contribution < 1.29 is 9.53 Å². The molecule has 0 spiro atoms. The van der Waals surface area contributed by atoms with Crippen molar-refractivity contribution in [2.75, 3.05) is 0 Å². The van der Waals surface area contributed by atoms with Crippen molar-refractivity contribution in [2.24, 2.45) is 0 Å². The summed E-state index contributed by atoms with van der Waals surface area (Å²) in [6, 6.07) is 16.3. The van der Waals surface area contributed by atoms with Crippen LogP contribution < -0.4 is 4.74 Å². The summed E-state index contributed by atoms with van der Waals surface area (Å²) in [4.78, 5) is 11.1. The summed E-state index contributed by atoms with van der Waals surface area (Å²) in [5.74, 6) is 0.369. The van der Waals surface area contributed by atoms with Gasteiger partial charge in [0.1, 0.15) is 5.75 Å². The lowest BCUT2D eigenvalue weighted by molar-refractivity contribution is -0.131. The average molecular weight is 278 g/mol. The predicted molar refractivity (Wildman–Crippen MR) is 85.0 cm³/mol. The number of hydrogen-bond donors (Lipinski definition) is 0. The summed E-state index contributed by atoms with van der Waals surface area (Å²) in [6.45, 7) is 1.43. The van der Waals surface area contributed by atoms with Crippen LogP contribution in [0.2, 0.25) is 0 Å². The molecule has 21 heavy (non-hydrogen) atoms. The van der Waals surface area contributed by atoms with Crippen LogP contribution in [0.15, 0.2) is 48.5 Å². The lowest BCUT2D eigenvalue weighted by Crippen LogP contribution is -2.05. The van der Waals surface area contributed by atoms with E-state index in [0.717, 1.165) is 19.3 Å². The molecule has 0 saturated carbocycles. The van der Waals surface area contributed by atoms with Crippen LogP contribution in [0, 0.1) is 0 Å². The van der Waals surface area contributed by atoms with Crippen molar-refractivity contribution in [3.8, 4) is 5.75 Å². The van der Waals surface area contributed by atoms with Crippen LogP contribution in [-0.2, 0) is 11.2 Å². The maximum Gasteiger partial charge on any atom is 0.308 e. The Balaban J connectivity index is 1.95. The lowest BCUT2D eigenvalue weighted by atomic mass is 9.86. The number of aryl methyl sites for hydroxylation is 1. The van der Waals surface area contributed by atoms with Gasteiger partial charge in [0.25, 0.3) is 0 Å². The Bertz CT molecular complexity index is 684. The molecule has 2 heteroatoms. The predicted octanol–water partition coefficient (Wildman–Crippen LogP) is 4.49. The maximum absolute atomic E-state index is 11.1. The summed E-state index contributed by atoms with van der Waals surface area (Å²) in [6.07, 6.45) is 5.52. The smallest absolute Gasteiger partial charge is 0.308 e. The second-order valence-corrected chi connectivity index (χ2v) is 5.35. The fraction of sp³-hybridized carbons (Fsp3) is 0.211. The number of fused-ring (bicyclic) bond motifs is 1. The van der Waals surface area contributed by atoms with E-state index in [-0.39, 0.29) is 5.97 Å². The van der Waals surface area contributed by atoms with Crippen LogP contribution in [0.25, 0.3) is 11.6 Å². The number of ether oxygens (including phenoxy) is 1. The standard InChI is InChI=1S/C19H18O2/c1-14(20)21-18-10-11-19-16(8-5-9-17(19)13-18)12-15-6-3-2-4-7-15/h2-4,6-7,10-13H,5,8-9H2,1H3/b16-12+. The van der Waals surface area contributed by atoms with Gasteiger partial charge in [0.2, 0.25) is 0 Å². The van der Waals surface area contributed by atoms with Crippen molar-refractivity contribution in [1.82, 2.24) is 0 Å². The Kier molecular flexibility index (Phi) is 3.87. The Morgan fingerprint density at radius 1 is 1.10 bits per heavy atom. The molecule has 0 radical (unpaired) electrons. The fourth-order valence-electron chi connectivity index (χ4n) is 2.82. The second kappa shape index (κ2) is 5.96.